The van der Waals surface area contributed by atoms with Gasteiger partial charge in [-0.1, -0.05) is 6.92 Å². The van der Waals surface area contributed by atoms with Crippen LogP contribution in [0.25, 0.3) is 0 Å². The summed E-state index contributed by atoms with van der Waals surface area (Å²) >= 11 is 0. The van der Waals surface area contributed by atoms with Crippen LogP contribution >= 0.6 is 0 Å². The zero-order valence-electron chi connectivity index (χ0n) is 11.6. The molecule has 1 N–H and O–H groups in total. The predicted octanol–water partition coefficient (Wildman–Crippen LogP) is 1.54. The molecule has 2 fully saturated rings. The fourth-order valence-corrected chi connectivity index (χ4v) is 3.31. The molecule has 3 nitrogen and oxygen atoms in total. The number of rotatable bonds is 5. The van der Waals surface area contributed by atoms with Crippen molar-refractivity contribution in [2.75, 3.05) is 39.3 Å². The van der Waals surface area contributed by atoms with Gasteiger partial charge in [0.05, 0.1) is 0 Å². The minimum absolute atomic E-state index is 0.748. The lowest BCUT2D eigenvalue weighted by atomic mass is 10.1. The van der Waals surface area contributed by atoms with Crippen LogP contribution in [-0.4, -0.2) is 61.2 Å². The summed E-state index contributed by atoms with van der Waals surface area (Å²) in [6.07, 6.45) is 5.54. The summed E-state index contributed by atoms with van der Waals surface area (Å²) < 4.78 is 0. The molecule has 100 valence electrons. The third-order valence-corrected chi connectivity index (χ3v) is 4.44. The Morgan fingerprint density at radius 3 is 2.82 bits per heavy atom. The number of hydrogen-bond donors (Lipinski definition) is 1. The fraction of sp³-hybridized carbons (Fsp3) is 1.00. The molecule has 2 heterocycles. The molecule has 2 atom stereocenters. The minimum atomic E-state index is 0.748. The van der Waals surface area contributed by atoms with Crippen LogP contribution in [0.15, 0.2) is 0 Å². The van der Waals surface area contributed by atoms with Crippen LogP contribution in [0.5, 0.6) is 0 Å². The lowest BCUT2D eigenvalue weighted by Crippen LogP contribution is -2.51. The molecule has 0 aromatic heterocycles. The molecule has 0 aliphatic carbocycles. The van der Waals surface area contributed by atoms with E-state index in [0.29, 0.717) is 0 Å². The molecule has 0 bridgehead atoms. The summed E-state index contributed by atoms with van der Waals surface area (Å²) in [6, 6.07) is 1.57. The third kappa shape index (κ3) is 3.94. The maximum absolute atomic E-state index is 3.59. The highest BCUT2D eigenvalue weighted by Crippen LogP contribution is 2.13. The Bertz CT molecular complexity index is 214. The summed E-state index contributed by atoms with van der Waals surface area (Å²) in [5.41, 5.74) is 0. The molecule has 0 radical (unpaired) electrons. The van der Waals surface area contributed by atoms with Gasteiger partial charge in [-0.25, -0.2) is 0 Å². The van der Waals surface area contributed by atoms with Crippen molar-refractivity contribution < 1.29 is 0 Å². The minimum Gasteiger partial charge on any atom is -0.314 e. The van der Waals surface area contributed by atoms with Crippen LogP contribution in [0.2, 0.25) is 0 Å². The number of likely N-dealkylation sites (N-methyl/N-ethyl adjacent to an activating group) is 1. The smallest absolute Gasteiger partial charge is 0.0195 e. The van der Waals surface area contributed by atoms with Crippen molar-refractivity contribution in [2.24, 2.45) is 0 Å². The van der Waals surface area contributed by atoms with Gasteiger partial charge in [0.1, 0.15) is 0 Å². The Hall–Kier alpha value is -0.120. The molecule has 3 heteroatoms. The normalized spacial score (nSPS) is 32.1. The van der Waals surface area contributed by atoms with Crippen molar-refractivity contribution in [3.63, 3.8) is 0 Å². The molecular weight excluding hydrogens is 210 g/mol. The average molecular weight is 239 g/mol. The Morgan fingerprint density at radius 1 is 1.29 bits per heavy atom. The molecule has 0 aromatic rings. The van der Waals surface area contributed by atoms with Gasteiger partial charge in [0.15, 0.2) is 0 Å². The quantitative estimate of drug-likeness (QED) is 0.785. The van der Waals surface area contributed by atoms with E-state index in [1.54, 1.807) is 0 Å². The summed E-state index contributed by atoms with van der Waals surface area (Å²) in [4.78, 5) is 5.25. The van der Waals surface area contributed by atoms with E-state index < -0.39 is 0 Å². The van der Waals surface area contributed by atoms with Crippen LogP contribution in [0.1, 0.15) is 39.5 Å². The van der Waals surface area contributed by atoms with E-state index in [0.717, 1.165) is 12.1 Å². The number of nitrogens with one attached hydrogen (secondary N) is 1. The van der Waals surface area contributed by atoms with E-state index >= 15 is 0 Å². The topological polar surface area (TPSA) is 18.5 Å². The van der Waals surface area contributed by atoms with E-state index in [2.05, 4.69) is 29.0 Å². The van der Waals surface area contributed by atoms with E-state index in [-0.39, 0.29) is 0 Å². The average Bonchev–Trinajstić information content (AvgIpc) is 2.82. The Morgan fingerprint density at radius 2 is 2.18 bits per heavy atom. The van der Waals surface area contributed by atoms with Gasteiger partial charge in [0.2, 0.25) is 0 Å². The van der Waals surface area contributed by atoms with Gasteiger partial charge in [0.25, 0.3) is 0 Å². The van der Waals surface area contributed by atoms with Crippen LogP contribution in [0.3, 0.4) is 0 Å². The Kier molecular flexibility index (Phi) is 5.26. The van der Waals surface area contributed by atoms with Crippen LogP contribution in [-0.2, 0) is 0 Å². The van der Waals surface area contributed by atoms with E-state index in [4.69, 9.17) is 0 Å². The van der Waals surface area contributed by atoms with Gasteiger partial charge in [-0.3, -0.25) is 4.90 Å². The molecule has 0 spiro atoms. The van der Waals surface area contributed by atoms with Gasteiger partial charge in [-0.2, -0.15) is 0 Å². The maximum atomic E-state index is 3.59. The second kappa shape index (κ2) is 6.72. The standard InChI is InChI=1S/C14H29N3/c1-3-17-11-10-16(12-13(17)2)9-5-7-14-6-4-8-15-14/h13-15H,3-12H2,1-2H3. The first-order valence-electron chi connectivity index (χ1n) is 7.49. The SMILES string of the molecule is CCN1CCN(CCCC2CCCN2)CC1C. The van der Waals surface area contributed by atoms with Crippen molar-refractivity contribution in [1.82, 2.24) is 15.1 Å². The predicted molar refractivity (Wildman–Crippen MR) is 73.4 cm³/mol. The van der Waals surface area contributed by atoms with Gasteiger partial charge in [0, 0.05) is 31.7 Å². The molecular formula is C14H29N3. The van der Waals surface area contributed by atoms with Crippen molar-refractivity contribution >= 4 is 0 Å². The van der Waals surface area contributed by atoms with Gasteiger partial charge in [-0.05, 0) is 52.2 Å². The molecule has 2 aliphatic heterocycles. The molecule has 0 aromatic carbocycles. The van der Waals surface area contributed by atoms with Gasteiger partial charge < -0.3 is 10.2 Å². The van der Waals surface area contributed by atoms with Crippen LogP contribution in [0.4, 0.5) is 0 Å². The van der Waals surface area contributed by atoms with Crippen LogP contribution in [0, 0.1) is 0 Å². The molecule has 17 heavy (non-hydrogen) atoms. The molecule has 2 aliphatic rings. The molecule has 2 rings (SSSR count). The zero-order valence-corrected chi connectivity index (χ0v) is 11.6. The zero-order chi connectivity index (χ0) is 12.1. The number of nitrogens with zero attached hydrogens (tertiary/aromatic N) is 2. The Balaban J connectivity index is 1.60. The van der Waals surface area contributed by atoms with E-state index in [9.17, 15) is 0 Å². The summed E-state index contributed by atoms with van der Waals surface area (Å²) in [5, 5.41) is 3.59. The van der Waals surface area contributed by atoms with Crippen LogP contribution < -0.4 is 5.32 Å². The first-order chi connectivity index (χ1) is 8.29. The second-order valence-corrected chi connectivity index (χ2v) is 5.71. The highest BCUT2D eigenvalue weighted by molar-refractivity contribution is 4.79. The molecule has 2 saturated heterocycles. The van der Waals surface area contributed by atoms with Crippen molar-refractivity contribution in [1.29, 1.82) is 0 Å². The summed E-state index contributed by atoms with van der Waals surface area (Å²) in [6.45, 7) is 12.2. The summed E-state index contributed by atoms with van der Waals surface area (Å²) in [5.74, 6) is 0. The first kappa shape index (κ1) is 13.3. The highest BCUT2D eigenvalue weighted by atomic mass is 15.3. The second-order valence-electron chi connectivity index (χ2n) is 5.71. The lowest BCUT2D eigenvalue weighted by molar-refractivity contribution is 0.0865. The third-order valence-electron chi connectivity index (χ3n) is 4.44. The van der Waals surface area contributed by atoms with E-state index in [1.165, 1.54) is 65.0 Å². The van der Waals surface area contributed by atoms with Crippen molar-refractivity contribution in [3.8, 4) is 0 Å². The number of hydrogen-bond acceptors (Lipinski definition) is 3. The first-order valence-corrected chi connectivity index (χ1v) is 7.49. The fourth-order valence-electron chi connectivity index (χ4n) is 3.31. The summed E-state index contributed by atoms with van der Waals surface area (Å²) in [7, 11) is 0. The van der Waals surface area contributed by atoms with Crippen molar-refractivity contribution in [3.05, 3.63) is 0 Å². The molecule has 0 saturated carbocycles. The number of piperazine rings is 1. The monoisotopic (exact) mass is 239 g/mol. The molecule has 0 amide bonds. The van der Waals surface area contributed by atoms with Gasteiger partial charge >= 0.3 is 0 Å². The Labute approximate surface area is 107 Å². The van der Waals surface area contributed by atoms with E-state index in [1.807, 2.05) is 0 Å². The lowest BCUT2D eigenvalue weighted by Gasteiger charge is -2.39. The van der Waals surface area contributed by atoms with Crippen molar-refractivity contribution in [2.45, 2.75) is 51.6 Å². The largest absolute Gasteiger partial charge is 0.314 e. The maximum Gasteiger partial charge on any atom is 0.0195 e. The highest BCUT2D eigenvalue weighted by Gasteiger charge is 2.22. The van der Waals surface area contributed by atoms with Gasteiger partial charge in [-0.15, -0.1) is 0 Å². The molecule has 2 unspecified atom stereocenters.